The molecule has 2 aliphatic heterocycles. The number of nitrogens with zero attached hydrogens (tertiary/aromatic N) is 2. The number of ketones is 1. The maximum absolute atomic E-state index is 12.9. The average Bonchev–Trinajstić information content (AvgIpc) is 2.79. The van der Waals surface area contributed by atoms with Crippen molar-refractivity contribution in [2.45, 2.75) is 38.1 Å². The van der Waals surface area contributed by atoms with Crippen molar-refractivity contribution in [3.8, 4) is 0 Å². The number of hydrogen-bond donors (Lipinski definition) is 0. The molecule has 2 aromatic carbocycles. The van der Waals surface area contributed by atoms with E-state index < -0.39 is 0 Å². The Bertz CT molecular complexity index is 821. The number of likely N-dealkylation sites (tertiary alicyclic amines) is 2. The van der Waals surface area contributed by atoms with Crippen LogP contribution >= 0.6 is 0 Å². The van der Waals surface area contributed by atoms with Gasteiger partial charge in [0.15, 0.2) is 0 Å². The van der Waals surface area contributed by atoms with E-state index in [4.69, 9.17) is 0 Å². The fourth-order valence-electron chi connectivity index (χ4n) is 4.93. The number of hydrogen-bond acceptors (Lipinski definition) is 3. The van der Waals surface area contributed by atoms with Crippen molar-refractivity contribution in [3.63, 3.8) is 0 Å². The van der Waals surface area contributed by atoms with Gasteiger partial charge in [-0.15, -0.1) is 0 Å². The summed E-state index contributed by atoms with van der Waals surface area (Å²) in [6.07, 6.45) is 5.40. The Hall–Kier alpha value is -2.46. The molecular formula is C25H30N2O2. The molecule has 0 unspecified atom stereocenters. The number of aryl methyl sites for hydroxylation is 1. The molecular weight excluding hydrogens is 360 g/mol. The Morgan fingerprint density at radius 3 is 2.38 bits per heavy atom. The van der Waals surface area contributed by atoms with Gasteiger partial charge in [-0.2, -0.15) is 0 Å². The van der Waals surface area contributed by atoms with Crippen molar-refractivity contribution in [1.29, 1.82) is 0 Å². The van der Waals surface area contributed by atoms with Gasteiger partial charge in [0.2, 0.25) is 5.78 Å². The van der Waals surface area contributed by atoms with E-state index in [2.05, 4.69) is 35.2 Å². The summed E-state index contributed by atoms with van der Waals surface area (Å²) in [5.41, 5.74) is 1.90. The number of carbonyl (C=O) groups excluding carboxylic acids is 2. The molecule has 152 valence electrons. The van der Waals surface area contributed by atoms with Crippen LogP contribution in [0.25, 0.3) is 0 Å². The number of benzene rings is 2. The summed E-state index contributed by atoms with van der Waals surface area (Å²) < 4.78 is 0. The lowest BCUT2D eigenvalue weighted by molar-refractivity contribution is -0.133. The van der Waals surface area contributed by atoms with Crippen LogP contribution in [0.1, 0.15) is 41.6 Å². The maximum atomic E-state index is 12.9. The van der Waals surface area contributed by atoms with Crippen LogP contribution in [0.3, 0.4) is 0 Å². The van der Waals surface area contributed by atoms with Gasteiger partial charge in [-0.3, -0.25) is 9.59 Å². The summed E-state index contributed by atoms with van der Waals surface area (Å²) >= 11 is 0. The lowest BCUT2D eigenvalue weighted by Gasteiger charge is -2.47. The van der Waals surface area contributed by atoms with Crippen LogP contribution in [0.4, 0.5) is 0 Å². The molecule has 2 aromatic rings. The number of piperidine rings is 2. The van der Waals surface area contributed by atoms with Gasteiger partial charge in [-0.05, 0) is 50.1 Å². The molecule has 2 aliphatic rings. The minimum Gasteiger partial charge on any atom is -0.332 e. The summed E-state index contributed by atoms with van der Waals surface area (Å²) in [4.78, 5) is 30.0. The largest absolute Gasteiger partial charge is 0.332 e. The normalized spacial score (nSPS) is 22.1. The Kier molecular flexibility index (Phi) is 6.40. The third-order valence-corrected chi connectivity index (χ3v) is 6.43. The minimum atomic E-state index is -0.364. The first-order valence-electron chi connectivity index (χ1n) is 10.9. The summed E-state index contributed by atoms with van der Waals surface area (Å²) in [5, 5.41) is 0. The van der Waals surface area contributed by atoms with Gasteiger partial charge in [-0.25, -0.2) is 0 Å². The second-order valence-electron chi connectivity index (χ2n) is 8.34. The highest BCUT2D eigenvalue weighted by Crippen LogP contribution is 2.31. The zero-order chi connectivity index (χ0) is 20.1. The number of rotatable bonds is 6. The van der Waals surface area contributed by atoms with Crippen LogP contribution in [0.5, 0.6) is 0 Å². The van der Waals surface area contributed by atoms with Gasteiger partial charge >= 0.3 is 0 Å². The molecule has 0 aliphatic carbocycles. The first kappa shape index (κ1) is 19.8. The molecule has 29 heavy (non-hydrogen) atoms. The fourth-order valence-corrected chi connectivity index (χ4v) is 4.93. The molecule has 0 N–H and O–H groups in total. The molecule has 2 saturated heterocycles. The maximum Gasteiger partial charge on any atom is 0.295 e. The van der Waals surface area contributed by atoms with Crippen LogP contribution in [0.15, 0.2) is 60.7 Å². The molecule has 0 radical (unpaired) electrons. The predicted molar refractivity (Wildman–Crippen MR) is 115 cm³/mol. The van der Waals surface area contributed by atoms with Gasteiger partial charge < -0.3 is 9.80 Å². The van der Waals surface area contributed by atoms with Crippen LogP contribution in [0, 0.1) is 5.92 Å². The molecule has 2 fully saturated rings. The van der Waals surface area contributed by atoms with Gasteiger partial charge in [-0.1, -0.05) is 60.7 Å². The van der Waals surface area contributed by atoms with Crippen molar-refractivity contribution >= 4 is 11.7 Å². The Labute approximate surface area is 173 Å². The highest BCUT2D eigenvalue weighted by atomic mass is 16.2. The zero-order valence-corrected chi connectivity index (χ0v) is 17.0. The van der Waals surface area contributed by atoms with Crippen molar-refractivity contribution in [3.05, 3.63) is 71.8 Å². The third-order valence-electron chi connectivity index (χ3n) is 6.43. The lowest BCUT2D eigenvalue weighted by Crippen LogP contribution is -2.57. The minimum absolute atomic E-state index is 0.217. The Balaban J connectivity index is 1.32. The topological polar surface area (TPSA) is 40.6 Å². The van der Waals surface area contributed by atoms with Gasteiger partial charge in [0, 0.05) is 31.2 Å². The summed E-state index contributed by atoms with van der Waals surface area (Å²) in [5.74, 6) is -0.193. The van der Waals surface area contributed by atoms with E-state index in [0.717, 1.165) is 51.7 Å². The molecule has 0 aromatic heterocycles. The smallest absolute Gasteiger partial charge is 0.295 e. The Morgan fingerprint density at radius 1 is 0.897 bits per heavy atom. The zero-order valence-electron chi connectivity index (χ0n) is 17.0. The SMILES string of the molecule is O=C(C(=O)N1CCC[C@@H]2CN(CCCc3ccccc3)CC[C@@H]21)c1ccccc1. The van der Waals surface area contributed by atoms with Crippen LogP contribution in [-0.4, -0.2) is 53.7 Å². The van der Waals surface area contributed by atoms with Gasteiger partial charge in [0.05, 0.1) is 0 Å². The molecule has 2 atom stereocenters. The van der Waals surface area contributed by atoms with Crippen LogP contribution in [0.2, 0.25) is 0 Å². The second kappa shape index (κ2) is 9.36. The Morgan fingerprint density at radius 2 is 1.62 bits per heavy atom. The van der Waals surface area contributed by atoms with Crippen molar-refractivity contribution < 1.29 is 9.59 Å². The van der Waals surface area contributed by atoms with E-state index in [0.29, 0.717) is 18.0 Å². The van der Waals surface area contributed by atoms with Crippen molar-refractivity contribution in [2.75, 3.05) is 26.2 Å². The number of amides is 1. The summed E-state index contributed by atoms with van der Waals surface area (Å²) in [6.45, 7) is 3.88. The molecule has 2 heterocycles. The number of carbonyl (C=O) groups is 2. The number of Topliss-reactive ketones (excluding diaryl/α,β-unsaturated/α-hetero) is 1. The molecule has 4 nitrogen and oxygen atoms in total. The first-order valence-corrected chi connectivity index (χ1v) is 10.9. The predicted octanol–water partition coefficient (Wildman–Crippen LogP) is 3.82. The molecule has 0 bridgehead atoms. The third kappa shape index (κ3) is 4.76. The van der Waals surface area contributed by atoms with Gasteiger partial charge in [0.1, 0.15) is 0 Å². The van der Waals surface area contributed by atoms with Crippen molar-refractivity contribution in [1.82, 2.24) is 9.80 Å². The van der Waals surface area contributed by atoms with Crippen LogP contribution < -0.4 is 0 Å². The van der Waals surface area contributed by atoms with E-state index in [-0.39, 0.29) is 17.7 Å². The van der Waals surface area contributed by atoms with E-state index >= 15 is 0 Å². The number of fused-ring (bicyclic) bond motifs is 1. The first-order chi connectivity index (χ1) is 14.2. The van der Waals surface area contributed by atoms with E-state index in [1.165, 1.54) is 5.56 Å². The lowest BCUT2D eigenvalue weighted by atomic mass is 9.83. The molecule has 1 amide bonds. The van der Waals surface area contributed by atoms with Gasteiger partial charge in [0.25, 0.3) is 5.91 Å². The summed E-state index contributed by atoms with van der Waals surface area (Å²) in [7, 11) is 0. The second-order valence-corrected chi connectivity index (χ2v) is 8.34. The molecule has 4 heteroatoms. The van der Waals surface area contributed by atoms with E-state index in [1.54, 1.807) is 12.1 Å². The standard InChI is InChI=1S/C25H30N2O2/c28-24(21-12-5-2-6-13-21)25(29)27-17-8-14-22-19-26(18-15-23(22)27)16-7-11-20-9-3-1-4-10-20/h1-6,9-10,12-13,22-23H,7-8,11,14-19H2/t22-,23+/m1/s1. The van der Waals surface area contributed by atoms with E-state index in [9.17, 15) is 9.59 Å². The van der Waals surface area contributed by atoms with Crippen molar-refractivity contribution in [2.24, 2.45) is 5.92 Å². The molecule has 4 rings (SSSR count). The highest BCUT2D eigenvalue weighted by Gasteiger charge is 2.39. The quantitative estimate of drug-likeness (QED) is 0.556. The monoisotopic (exact) mass is 390 g/mol. The molecule has 0 spiro atoms. The summed E-state index contributed by atoms with van der Waals surface area (Å²) in [6, 6.07) is 19.8. The highest BCUT2D eigenvalue weighted by molar-refractivity contribution is 6.42. The average molecular weight is 391 g/mol. The van der Waals surface area contributed by atoms with Crippen LogP contribution in [-0.2, 0) is 11.2 Å². The fraction of sp³-hybridized carbons (Fsp3) is 0.440. The van der Waals surface area contributed by atoms with E-state index in [1.807, 2.05) is 23.1 Å². The molecule has 0 saturated carbocycles.